The van der Waals surface area contributed by atoms with Crippen molar-refractivity contribution in [2.75, 3.05) is 6.54 Å². The predicted molar refractivity (Wildman–Crippen MR) is 126 cm³/mol. The molecule has 2 unspecified atom stereocenters. The van der Waals surface area contributed by atoms with Gasteiger partial charge in [0.1, 0.15) is 6.61 Å². The van der Waals surface area contributed by atoms with Gasteiger partial charge in [0.05, 0.1) is 12.6 Å². The van der Waals surface area contributed by atoms with Gasteiger partial charge in [-0.15, -0.1) is 0 Å². The highest BCUT2D eigenvalue weighted by Crippen LogP contribution is 2.15. The van der Waals surface area contributed by atoms with Gasteiger partial charge in [0.25, 0.3) is 5.91 Å². The fraction of sp³-hybridized carbons (Fsp3) is 0.333. The zero-order valence-electron chi connectivity index (χ0n) is 18.9. The van der Waals surface area contributed by atoms with Crippen molar-refractivity contribution in [3.63, 3.8) is 0 Å². The minimum absolute atomic E-state index is 0.0352. The number of carbonyl (C=O) groups is 4. The van der Waals surface area contributed by atoms with E-state index in [0.717, 1.165) is 5.56 Å². The van der Waals surface area contributed by atoms with Gasteiger partial charge in [-0.1, -0.05) is 74.0 Å². The summed E-state index contributed by atoms with van der Waals surface area (Å²) >= 11 is 0. The van der Waals surface area contributed by atoms with Gasteiger partial charge in [-0.2, -0.15) is 0 Å². The Morgan fingerprint density at radius 2 is 1.59 bits per heavy atom. The van der Waals surface area contributed by atoms with Gasteiger partial charge in [0.15, 0.2) is 18.0 Å². The third-order valence-corrected chi connectivity index (χ3v) is 4.90. The number of amides is 3. The van der Waals surface area contributed by atoms with Crippen LogP contribution >= 0.6 is 0 Å². The first-order valence-corrected chi connectivity index (χ1v) is 10.9. The lowest BCUT2D eigenvalue weighted by Gasteiger charge is -2.23. The van der Waals surface area contributed by atoms with Crippen LogP contribution in [-0.4, -0.2) is 55.2 Å². The molecule has 0 fully saturated rings. The average Bonchev–Trinajstić information content (AvgIpc) is 2.84. The van der Waals surface area contributed by atoms with E-state index in [4.69, 9.17) is 12.6 Å². The first-order valence-electron chi connectivity index (χ1n) is 10.9. The second-order valence-electron chi connectivity index (χ2n) is 7.57. The van der Waals surface area contributed by atoms with Crippen molar-refractivity contribution >= 4 is 31.4 Å². The van der Waals surface area contributed by atoms with Crippen molar-refractivity contribution in [2.24, 2.45) is 0 Å². The van der Waals surface area contributed by atoms with Crippen molar-refractivity contribution in [1.29, 1.82) is 0 Å². The van der Waals surface area contributed by atoms with E-state index in [0.29, 0.717) is 18.4 Å². The Bertz CT molecular complexity index is 958. The maximum atomic E-state index is 12.7. The van der Waals surface area contributed by atoms with Crippen LogP contribution in [0.25, 0.3) is 0 Å². The lowest BCUT2D eigenvalue weighted by molar-refractivity contribution is -0.149. The molecule has 2 rings (SSSR count). The Labute approximate surface area is 199 Å². The molecule has 0 saturated heterocycles. The molecule has 10 heteroatoms. The van der Waals surface area contributed by atoms with Crippen LogP contribution in [0, 0.1) is 0 Å². The fourth-order valence-electron chi connectivity index (χ4n) is 3.21. The van der Waals surface area contributed by atoms with Crippen molar-refractivity contribution in [3.8, 4) is 0 Å². The van der Waals surface area contributed by atoms with E-state index >= 15 is 0 Å². The zero-order valence-corrected chi connectivity index (χ0v) is 18.9. The summed E-state index contributed by atoms with van der Waals surface area (Å²) in [5, 5.41) is 17.4. The number of benzene rings is 2. The lowest BCUT2D eigenvalue weighted by Crippen LogP contribution is -2.52. The van der Waals surface area contributed by atoms with Crippen LogP contribution in [0.5, 0.6) is 0 Å². The maximum absolute atomic E-state index is 12.7. The standard InChI is InChI=1S/C24H28BN3O6/c1-2-9-18(27-24(25)33)21(30)22(31)26-14-19(29)28-20(17-12-7-4-8-13-17)23(32)34-15-16-10-5-3-6-11-16/h3-8,10-13,18,20-21,30H,2,9,14-15H2,1H3,(H,26,31)(H,27,33)(H,28,29)/t18?,20-,21?/m0/s1. The fourth-order valence-corrected chi connectivity index (χ4v) is 3.21. The van der Waals surface area contributed by atoms with Crippen molar-refractivity contribution in [1.82, 2.24) is 16.0 Å². The van der Waals surface area contributed by atoms with E-state index in [2.05, 4.69) is 16.0 Å². The van der Waals surface area contributed by atoms with Crippen molar-refractivity contribution in [2.45, 2.75) is 44.6 Å². The van der Waals surface area contributed by atoms with Crippen molar-refractivity contribution in [3.05, 3.63) is 71.8 Å². The number of nitrogens with one attached hydrogen (secondary N) is 3. The minimum Gasteiger partial charge on any atom is -0.459 e. The molecular weight excluding hydrogens is 437 g/mol. The van der Waals surface area contributed by atoms with E-state index in [1.165, 1.54) is 0 Å². The third kappa shape index (κ3) is 8.70. The average molecular weight is 465 g/mol. The second-order valence-corrected chi connectivity index (χ2v) is 7.57. The number of aliphatic hydroxyl groups is 1. The Kier molecular flexibility index (Phi) is 10.8. The van der Waals surface area contributed by atoms with Gasteiger partial charge in [-0.05, 0) is 17.5 Å². The number of hydrogen-bond donors (Lipinski definition) is 4. The molecule has 0 aliphatic carbocycles. The Hall–Kier alpha value is -3.66. The second kappa shape index (κ2) is 13.8. The SMILES string of the molecule is [B]C(=O)NC(CCC)C(O)C(=O)NCC(=O)N[C@H](C(=O)OCc1ccccc1)c1ccccc1. The van der Waals surface area contributed by atoms with Crippen molar-refractivity contribution < 1.29 is 29.0 Å². The van der Waals surface area contributed by atoms with Gasteiger partial charge in [0, 0.05) is 0 Å². The quantitative estimate of drug-likeness (QED) is 0.274. The van der Waals surface area contributed by atoms with Crippen LogP contribution in [0.4, 0.5) is 4.79 Å². The molecule has 0 aliphatic heterocycles. The molecule has 2 aromatic rings. The molecule has 2 radical (unpaired) electrons. The van der Waals surface area contributed by atoms with Gasteiger partial charge >= 0.3 is 5.97 Å². The first kappa shape index (κ1) is 26.6. The molecule has 178 valence electrons. The molecule has 3 atom stereocenters. The summed E-state index contributed by atoms with van der Waals surface area (Å²) in [7, 11) is 5.08. The molecule has 0 spiro atoms. The first-order chi connectivity index (χ1) is 16.3. The summed E-state index contributed by atoms with van der Waals surface area (Å²) in [6.07, 6.45) is -0.701. The number of ether oxygens (including phenoxy) is 1. The smallest absolute Gasteiger partial charge is 0.333 e. The Balaban J connectivity index is 1.98. The normalized spacial score (nSPS) is 13.1. The van der Waals surface area contributed by atoms with Gasteiger partial charge in [-0.25, -0.2) is 4.79 Å². The monoisotopic (exact) mass is 465 g/mol. The van der Waals surface area contributed by atoms with E-state index in [9.17, 15) is 24.3 Å². The van der Waals surface area contributed by atoms with Crippen LogP contribution in [-0.2, 0) is 25.7 Å². The number of aliphatic hydroxyl groups excluding tert-OH is 1. The summed E-state index contributed by atoms with van der Waals surface area (Å²) in [6, 6.07) is 15.7. The summed E-state index contributed by atoms with van der Waals surface area (Å²) in [5.41, 5.74) is 1.30. The number of carbonyl (C=O) groups excluding carboxylic acids is 4. The van der Waals surface area contributed by atoms with Crippen LogP contribution in [0.2, 0.25) is 0 Å². The molecular formula is C24H28BN3O6. The summed E-state index contributed by atoms with van der Waals surface area (Å²) in [5.74, 6) is -3.06. The highest BCUT2D eigenvalue weighted by atomic mass is 16.5. The summed E-state index contributed by atoms with van der Waals surface area (Å²) in [4.78, 5) is 48.6. The lowest BCUT2D eigenvalue weighted by atomic mass is 10.0. The summed E-state index contributed by atoms with van der Waals surface area (Å²) in [6.45, 7) is 1.35. The molecule has 34 heavy (non-hydrogen) atoms. The van der Waals surface area contributed by atoms with Crippen LogP contribution < -0.4 is 16.0 Å². The van der Waals surface area contributed by atoms with E-state index < -0.39 is 48.3 Å². The molecule has 0 aromatic heterocycles. The van der Waals surface area contributed by atoms with E-state index in [-0.39, 0.29) is 6.61 Å². The van der Waals surface area contributed by atoms with Gasteiger partial charge in [-0.3, -0.25) is 14.4 Å². The minimum atomic E-state index is -1.60. The Morgan fingerprint density at radius 3 is 2.18 bits per heavy atom. The maximum Gasteiger partial charge on any atom is 0.333 e. The van der Waals surface area contributed by atoms with Gasteiger partial charge < -0.3 is 25.8 Å². The molecule has 0 aliphatic rings. The molecule has 9 nitrogen and oxygen atoms in total. The van der Waals surface area contributed by atoms with Crippen LogP contribution in [0.15, 0.2) is 60.7 Å². The highest BCUT2D eigenvalue weighted by Gasteiger charge is 2.28. The topological polar surface area (TPSA) is 134 Å². The van der Waals surface area contributed by atoms with Crippen LogP contribution in [0.1, 0.15) is 36.9 Å². The van der Waals surface area contributed by atoms with Crippen LogP contribution in [0.3, 0.4) is 0 Å². The molecule has 3 amide bonds. The number of hydrogen-bond acceptors (Lipinski definition) is 6. The Morgan fingerprint density at radius 1 is 0.971 bits per heavy atom. The molecule has 0 heterocycles. The van der Waals surface area contributed by atoms with Gasteiger partial charge in [0.2, 0.25) is 13.8 Å². The highest BCUT2D eigenvalue weighted by molar-refractivity contribution is 6.57. The molecule has 2 aromatic carbocycles. The zero-order chi connectivity index (χ0) is 24.9. The third-order valence-electron chi connectivity index (χ3n) is 4.90. The molecule has 4 N–H and O–H groups in total. The number of rotatable bonds is 12. The molecule has 0 bridgehead atoms. The van der Waals surface area contributed by atoms with E-state index in [1.54, 1.807) is 30.3 Å². The predicted octanol–water partition coefficient (Wildman–Crippen LogP) is 1.11. The largest absolute Gasteiger partial charge is 0.459 e. The molecule has 0 saturated carbocycles. The summed E-state index contributed by atoms with van der Waals surface area (Å²) < 4.78 is 5.37. The number of esters is 1. The van der Waals surface area contributed by atoms with E-state index in [1.807, 2.05) is 37.3 Å².